The first-order valence-corrected chi connectivity index (χ1v) is 7.57. The summed E-state index contributed by atoms with van der Waals surface area (Å²) in [6.07, 6.45) is 4.66. The molecule has 6 heteroatoms. The molecular weight excluding hydrogens is 282 g/mol. The van der Waals surface area contributed by atoms with Crippen LogP contribution >= 0.6 is 23.4 Å². The van der Waals surface area contributed by atoms with Crippen molar-refractivity contribution in [1.82, 2.24) is 14.8 Å². The van der Waals surface area contributed by atoms with Crippen LogP contribution in [0.25, 0.3) is 5.69 Å². The third kappa shape index (κ3) is 4.23. The fourth-order valence-electron chi connectivity index (χ4n) is 1.68. The summed E-state index contributed by atoms with van der Waals surface area (Å²) in [7, 11) is 0. The van der Waals surface area contributed by atoms with Crippen molar-refractivity contribution in [3.63, 3.8) is 0 Å². The highest BCUT2D eigenvalue weighted by Gasteiger charge is 2.07. The molecule has 2 aromatic rings. The minimum atomic E-state index is 0.267. The van der Waals surface area contributed by atoms with E-state index < -0.39 is 0 Å². The van der Waals surface area contributed by atoms with Gasteiger partial charge < -0.3 is 5.11 Å². The maximum atomic E-state index is 8.72. The molecule has 0 saturated carbocycles. The van der Waals surface area contributed by atoms with Gasteiger partial charge in [-0.25, -0.2) is 0 Å². The lowest BCUT2D eigenvalue weighted by atomic mass is 10.3. The molecule has 4 nitrogen and oxygen atoms in total. The number of nitrogens with zero attached hydrogens (tertiary/aromatic N) is 3. The fraction of sp³-hybridized carbons (Fsp3) is 0.385. The summed E-state index contributed by atoms with van der Waals surface area (Å²) >= 11 is 7.66. The molecule has 0 aliphatic carbocycles. The van der Waals surface area contributed by atoms with E-state index in [1.807, 2.05) is 28.8 Å². The van der Waals surface area contributed by atoms with Crippen LogP contribution in [0.3, 0.4) is 0 Å². The Labute approximate surface area is 121 Å². The van der Waals surface area contributed by atoms with Gasteiger partial charge in [-0.05, 0) is 31.0 Å². The van der Waals surface area contributed by atoms with Crippen molar-refractivity contribution in [2.75, 3.05) is 12.4 Å². The van der Waals surface area contributed by atoms with E-state index in [1.165, 1.54) is 0 Å². The highest BCUT2D eigenvalue weighted by Crippen LogP contribution is 2.22. The molecule has 0 amide bonds. The molecule has 0 aliphatic heterocycles. The highest BCUT2D eigenvalue weighted by atomic mass is 35.5. The zero-order valence-electron chi connectivity index (χ0n) is 10.5. The molecule has 0 bridgehead atoms. The molecular formula is C13H16ClN3OS. The molecule has 0 saturated heterocycles. The number of unbranched alkanes of at least 4 members (excludes halogenated alkanes) is 2. The van der Waals surface area contributed by atoms with Crippen LogP contribution in [0.4, 0.5) is 0 Å². The van der Waals surface area contributed by atoms with Gasteiger partial charge in [-0.3, -0.25) is 4.57 Å². The lowest BCUT2D eigenvalue weighted by Crippen LogP contribution is -1.95. The lowest BCUT2D eigenvalue weighted by Gasteiger charge is -2.06. The molecule has 1 aromatic heterocycles. The van der Waals surface area contributed by atoms with Gasteiger partial charge in [-0.1, -0.05) is 35.9 Å². The summed E-state index contributed by atoms with van der Waals surface area (Å²) in [5, 5.41) is 18.4. The molecule has 1 aromatic carbocycles. The summed E-state index contributed by atoms with van der Waals surface area (Å²) in [5.41, 5.74) is 0.968. The average Bonchev–Trinajstić information content (AvgIpc) is 2.87. The van der Waals surface area contributed by atoms with Gasteiger partial charge in [0.25, 0.3) is 0 Å². The quantitative estimate of drug-likeness (QED) is 0.630. The van der Waals surface area contributed by atoms with E-state index in [0.29, 0.717) is 5.02 Å². The average molecular weight is 298 g/mol. The molecule has 1 heterocycles. The number of hydrogen-bond acceptors (Lipinski definition) is 4. The lowest BCUT2D eigenvalue weighted by molar-refractivity contribution is 0.284. The van der Waals surface area contributed by atoms with Gasteiger partial charge >= 0.3 is 0 Å². The van der Waals surface area contributed by atoms with Gasteiger partial charge in [0, 0.05) is 17.4 Å². The van der Waals surface area contributed by atoms with Gasteiger partial charge in [-0.15, -0.1) is 10.2 Å². The summed E-state index contributed by atoms with van der Waals surface area (Å²) < 4.78 is 1.93. The van der Waals surface area contributed by atoms with Crippen molar-refractivity contribution in [3.8, 4) is 5.69 Å². The third-order valence-electron chi connectivity index (χ3n) is 2.64. The first-order chi connectivity index (χ1) is 9.31. The summed E-state index contributed by atoms with van der Waals surface area (Å²) in [6, 6.07) is 7.62. The monoisotopic (exact) mass is 297 g/mol. The number of aromatic nitrogens is 3. The number of aliphatic hydroxyl groups is 1. The van der Waals surface area contributed by atoms with Gasteiger partial charge in [0.05, 0.1) is 5.69 Å². The summed E-state index contributed by atoms with van der Waals surface area (Å²) in [6.45, 7) is 0.267. The summed E-state index contributed by atoms with van der Waals surface area (Å²) in [5.74, 6) is 0.971. The minimum absolute atomic E-state index is 0.267. The van der Waals surface area contributed by atoms with Gasteiger partial charge in [0.15, 0.2) is 5.16 Å². The standard InChI is InChI=1S/C13H16ClN3OS/c14-11-5-4-6-12(9-11)17-10-15-16-13(17)19-8-3-1-2-7-18/h4-6,9-10,18H,1-3,7-8H2. The van der Waals surface area contributed by atoms with Crippen LogP contribution in [0.2, 0.25) is 5.02 Å². The third-order valence-corrected chi connectivity index (χ3v) is 3.90. The smallest absolute Gasteiger partial charge is 0.195 e. The molecule has 1 N–H and O–H groups in total. The molecule has 2 rings (SSSR count). The second kappa shape index (κ2) is 7.53. The Kier molecular flexibility index (Phi) is 5.69. The molecule has 0 radical (unpaired) electrons. The predicted octanol–water partition coefficient (Wildman–Crippen LogP) is 3.18. The Hall–Kier alpha value is -1.04. The number of thioether (sulfide) groups is 1. The SMILES string of the molecule is OCCCCCSc1nncn1-c1cccc(Cl)c1. The molecule has 0 fully saturated rings. The van der Waals surface area contributed by atoms with Crippen molar-refractivity contribution in [3.05, 3.63) is 35.6 Å². The zero-order chi connectivity index (χ0) is 13.5. The van der Waals surface area contributed by atoms with Crippen LogP contribution in [0.15, 0.2) is 35.7 Å². The van der Waals surface area contributed by atoms with E-state index >= 15 is 0 Å². The van der Waals surface area contributed by atoms with Crippen LogP contribution in [0.1, 0.15) is 19.3 Å². The van der Waals surface area contributed by atoms with Crippen LogP contribution < -0.4 is 0 Å². The topological polar surface area (TPSA) is 50.9 Å². The first-order valence-electron chi connectivity index (χ1n) is 6.21. The molecule has 0 unspecified atom stereocenters. The summed E-state index contributed by atoms with van der Waals surface area (Å²) in [4.78, 5) is 0. The molecule has 0 spiro atoms. The Bertz CT molecular complexity index is 518. The maximum absolute atomic E-state index is 8.72. The number of rotatable bonds is 7. The van der Waals surface area contributed by atoms with E-state index in [-0.39, 0.29) is 6.61 Å². The molecule has 19 heavy (non-hydrogen) atoms. The second-order valence-corrected chi connectivity index (χ2v) is 5.59. The van der Waals surface area contributed by atoms with Crippen LogP contribution in [-0.4, -0.2) is 32.2 Å². The Balaban J connectivity index is 1.98. The van der Waals surface area contributed by atoms with E-state index in [1.54, 1.807) is 18.1 Å². The van der Waals surface area contributed by atoms with Crippen molar-refractivity contribution in [1.29, 1.82) is 0 Å². The van der Waals surface area contributed by atoms with Crippen LogP contribution in [-0.2, 0) is 0 Å². The first kappa shape index (κ1) is 14.4. The Morgan fingerprint density at radius 1 is 1.26 bits per heavy atom. The van der Waals surface area contributed by atoms with Crippen molar-refractivity contribution in [2.45, 2.75) is 24.4 Å². The molecule has 0 aliphatic rings. The van der Waals surface area contributed by atoms with E-state index in [0.717, 1.165) is 35.9 Å². The second-order valence-electron chi connectivity index (χ2n) is 4.10. The highest BCUT2D eigenvalue weighted by molar-refractivity contribution is 7.99. The van der Waals surface area contributed by atoms with Gasteiger partial charge in [0.2, 0.25) is 0 Å². The van der Waals surface area contributed by atoms with Gasteiger partial charge in [0.1, 0.15) is 6.33 Å². The number of hydrogen-bond donors (Lipinski definition) is 1. The maximum Gasteiger partial charge on any atom is 0.195 e. The normalized spacial score (nSPS) is 10.8. The molecule has 0 atom stereocenters. The number of aliphatic hydroxyl groups excluding tert-OH is 1. The largest absolute Gasteiger partial charge is 0.396 e. The van der Waals surface area contributed by atoms with Gasteiger partial charge in [-0.2, -0.15) is 0 Å². The van der Waals surface area contributed by atoms with E-state index in [4.69, 9.17) is 16.7 Å². The Morgan fingerprint density at radius 2 is 2.16 bits per heavy atom. The van der Waals surface area contributed by atoms with E-state index in [2.05, 4.69) is 10.2 Å². The van der Waals surface area contributed by atoms with Crippen molar-refractivity contribution in [2.24, 2.45) is 0 Å². The fourth-order valence-corrected chi connectivity index (χ4v) is 2.79. The number of benzene rings is 1. The van der Waals surface area contributed by atoms with Crippen molar-refractivity contribution < 1.29 is 5.11 Å². The predicted molar refractivity (Wildman–Crippen MR) is 78.0 cm³/mol. The molecule has 102 valence electrons. The number of halogens is 1. The van der Waals surface area contributed by atoms with E-state index in [9.17, 15) is 0 Å². The Morgan fingerprint density at radius 3 is 2.95 bits per heavy atom. The zero-order valence-corrected chi connectivity index (χ0v) is 12.1. The van der Waals surface area contributed by atoms with Crippen molar-refractivity contribution >= 4 is 23.4 Å². The minimum Gasteiger partial charge on any atom is -0.396 e. The van der Waals surface area contributed by atoms with Crippen LogP contribution in [0, 0.1) is 0 Å². The van der Waals surface area contributed by atoms with Crippen LogP contribution in [0.5, 0.6) is 0 Å².